The maximum atomic E-state index is 5.60. The summed E-state index contributed by atoms with van der Waals surface area (Å²) < 4.78 is 5.60. The molecule has 1 atom stereocenters. The first kappa shape index (κ1) is 11.4. The number of rotatable bonds is 6. The fourth-order valence-corrected chi connectivity index (χ4v) is 0.931. The first-order valence-corrected chi connectivity index (χ1v) is 4.60. The summed E-state index contributed by atoms with van der Waals surface area (Å²) in [6.45, 7) is 10.9. The Morgan fingerprint density at radius 3 is 2.67 bits per heavy atom. The summed E-state index contributed by atoms with van der Waals surface area (Å²) >= 11 is 0. The lowest BCUT2D eigenvalue weighted by molar-refractivity contribution is 0.0803. The molecule has 0 saturated heterocycles. The molecular formula is C11H20O. The van der Waals surface area contributed by atoms with E-state index in [9.17, 15) is 0 Å². The van der Waals surface area contributed by atoms with Crippen molar-refractivity contribution in [3.8, 4) is 0 Å². The highest BCUT2D eigenvalue weighted by molar-refractivity contribution is 5.01. The molecule has 0 aromatic rings. The van der Waals surface area contributed by atoms with E-state index in [0.717, 1.165) is 25.0 Å². The Kier molecular flexibility index (Phi) is 6.78. The highest BCUT2D eigenvalue weighted by Crippen LogP contribution is 2.09. The molecule has 0 N–H and O–H groups in total. The van der Waals surface area contributed by atoms with Gasteiger partial charge in [-0.1, -0.05) is 31.2 Å². The number of hydrogen-bond donors (Lipinski definition) is 0. The Balaban J connectivity index is 3.78. The second-order valence-electron chi connectivity index (χ2n) is 3.01. The van der Waals surface area contributed by atoms with Gasteiger partial charge in [-0.05, 0) is 26.7 Å². The van der Waals surface area contributed by atoms with Crippen molar-refractivity contribution in [2.75, 3.05) is 6.61 Å². The highest BCUT2D eigenvalue weighted by atomic mass is 16.5. The molecule has 0 aliphatic rings. The van der Waals surface area contributed by atoms with Gasteiger partial charge in [-0.3, -0.25) is 0 Å². The van der Waals surface area contributed by atoms with E-state index >= 15 is 0 Å². The lowest BCUT2D eigenvalue weighted by Gasteiger charge is -2.15. The third kappa shape index (κ3) is 5.14. The van der Waals surface area contributed by atoms with Gasteiger partial charge in [0.1, 0.15) is 0 Å². The minimum absolute atomic E-state index is 0.209. The Morgan fingerprint density at radius 1 is 1.58 bits per heavy atom. The third-order valence-electron chi connectivity index (χ3n) is 1.66. The maximum absolute atomic E-state index is 5.60. The molecule has 1 nitrogen and oxygen atoms in total. The van der Waals surface area contributed by atoms with Crippen LogP contribution in [-0.4, -0.2) is 12.7 Å². The molecule has 0 aliphatic carbocycles. The zero-order chi connectivity index (χ0) is 9.40. The van der Waals surface area contributed by atoms with Gasteiger partial charge in [0.2, 0.25) is 0 Å². The van der Waals surface area contributed by atoms with E-state index in [1.807, 2.05) is 19.9 Å². The lowest BCUT2D eigenvalue weighted by Crippen LogP contribution is -2.13. The van der Waals surface area contributed by atoms with Crippen LogP contribution in [0.15, 0.2) is 24.3 Å². The van der Waals surface area contributed by atoms with Crippen molar-refractivity contribution in [3.05, 3.63) is 24.3 Å². The van der Waals surface area contributed by atoms with E-state index in [2.05, 4.69) is 19.6 Å². The summed E-state index contributed by atoms with van der Waals surface area (Å²) in [4.78, 5) is 0. The summed E-state index contributed by atoms with van der Waals surface area (Å²) in [6.07, 6.45) is 6.40. The van der Waals surface area contributed by atoms with Crippen LogP contribution in [0.4, 0.5) is 0 Å². The van der Waals surface area contributed by atoms with Crippen LogP contribution in [0, 0.1) is 0 Å². The van der Waals surface area contributed by atoms with Crippen molar-refractivity contribution in [2.45, 2.75) is 39.7 Å². The molecular weight excluding hydrogens is 148 g/mol. The van der Waals surface area contributed by atoms with Crippen molar-refractivity contribution in [1.82, 2.24) is 0 Å². The molecule has 0 rings (SSSR count). The van der Waals surface area contributed by atoms with E-state index in [-0.39, 0.29) is 6.10 Å². The van der Waals surface area contributed by atoms with Crippen LogP contribution in [0.25, 0.3) is 0 Å². The van der Waals surface area contributed by atoms with Crippen molar-refractivity contribution < 1.29 is 4.74 Å². The molecule has 1 unspecified atom stereocenters. The van der Waals surface area contributed by atoms with Gasteiger partial charge >= 0.3 is 0 Å². The number of allylic oxidation sites excluding steroid dienone is 1. The lowest BCUT2D eigenvalue weighted by atomic mass is 10.1. The van der Waals surface area contributed by atoms with Crippen LogP contribution in [0.2, 0.25) is 0 Å². The van der Waals surface area contributed by atoms with E-state index in [0.29, 0.717) is 0 Å². The Hall–Kier alpha value is -0.560. The second kappa shape index (κ2) is 7.11. The van der Waals surface area contributed by atoms with Gasteiger partial charge in [-0.2, -0.15) is 0 Å². The van der Waals surface area contributed by atoms with Crippen LogP contribution in [0.1, 0.15) is 33.6 Å². The molecule has 0 aliphatic heterocycles. The molecule has 0 saturated carbocycles. The molecule has 0 radical (unpaired) electrons. The van der Waals surface area contributed by atoms with Gasteiger partial charge in [0.05, 0.1) is 6.10 Å². The number of hydrogen-bond acceptors (Lipinski definition) is 1. The molecule has 0 spiro atoms. The molecule has 1 heteroatoms. The maximum Gasteiger partial charge on any atom is 0.0814 e. The molecule has 0 heterocycles. The first-order valence-electron chi connectivity index (χ1n) is 4.60. The van der Waals surface area contributed by atoms with E-state index in [1.54, 1.807) is 0 Å². The quantitative estimate of drug-likeness (QED) is 0.553. The molecule has 0 aromatic carbocycles. The molecule has 12 heavy (non-hydrogen) atoms. The van der Waals surface area contributed by atoms with E-state index in [1.165, 1.54) is 0 Å². The highest BCUT2D eigenvalue weighted by Gasteiger charge is 2.06. The molecule has 0 fully saturated rings. The van der Waals surface area contributed by atoms with Crippen molar-refractivity contribution in [2.24, 2.45) is 0 Å². The normalized spacial score (nSPS) is 13.6. The van der Waals surface area contributed by atoms with Gasteiger partial charge in [0, 0.05) is 6.61 Å². The van der Waals surface area contributed by atoms with Gasteiger partial charge in [-0.25, -0.2) is 0 Å². The van der Waals surface area contributed by atoms with E-state index in [4.69, 9.17) is 4.74 Å². The van der Waals surface area contributed by atoms with Crippen LogP contribution in [0.5, 0.6) is 0 Å². The van der Waals surface area contributed by atoms with Crippen LogP contribution >= 0.6 is 0 Å². The summed E-state index contributed by atoms with van der Waals surface area (Å²) in [5.74, 6) is 0. The van der Waals surface area contributed by atoms with Crippen LogP contribution < -0.4 is 0 Å². The average molecular weight is 168 g/mol. The van der Waals surface area contributed by atoms with Gasteiger partial charge in [0.25, 0.3) is 0 Å². The zero-order valence-corrected chi connectivity index (χ0v) is 8.47. The zero-order valence-electron chi connectivity index (χ0n) is 8.47. The van der Waals surface area contributed by atoms with Gasteiger partial charge < -0.3 is 4.74 Å². The van der Waals surface area contributed by atoms with E-state index < -0.39 is 0 Å². The summed E-state index contributed by atoms with van der Waals surface area (Å²) in [7, 11) is 0. The largest absolute Gasteiger partial charge is 0.374 e. The second-order valence-corrected chi connectivity index (χ2v) is 3.01. The van der Waals surface area contributed by atoms with Crippen molar-refractivity contribution in [3.63, 3.8) is 0 Å². The Morgan fingerprint density at radius 2 is 2.25 bits per heavy atom. The molecule has 70 valence electrons. The fraction of sp³-hybridized carbons (Fsp3) is 0.636. The van der Waals surface area contributed by atoms with Crippen molar-refractivity contribution >= 4 is 0 Å². The van der Waals surface area contributed by atoms with Crippen LogP contribution in [-0.2, 0) is 4.74 Å². The number of ether oxygens (including phenoxy) is 1. The molecule has 0 aromatic heterocycles. The third-order valence-corrected chi connectivity index (χ3v) is 1.66. The monoisotopic (exact) mass is 168 g/mol. The summed E-state index contributed by atoms with van der Waals surface area (Å²) in [5, 5.41) is 0. The summed E-state index contributed by atoms with van der Waals surface area (Å²) in [5.41, 5.74) is 1.11. The molecule has 0 amide bonds. The minimum atomic E-state index is 0.209. The van der Waals surface area contributed by atoms with Gasteiger partial charge in [0.15, 0.2) is 0 Å². The Labute approximate surface area is 76.1 Å². The van der Waals surface area contributed by atoms with Gasteiger partial charge in [-0.15, -0.1) is 0 Å². The molecule has 0 bridgehead atoms. The predicted octanol–water partition coefficient (Wildman–Crippen LogP) is 3.32. The predicted molar refractivity (Wildman–Crippen MR) is 54.3 cm³/mol. The topological polar surface area (TPSA) is 9.23 Å². The first-order chi connectivity index (χ1) is 5.72. The van der Waals surface area contributed by atoms with Crippen LogP contribution in [0.3, 0.4) is 0 Å². The Bertz CT molecular complexity index is 147. The minimum Gasteiger partial charge on any atom is -0.374 e. The summed E-state index contributed by atoms with van der Waals surface area (Å²) in [6, 6.07) is 0. The smallest absolute Gasteiger partial charge is 0.0814 e. The average Bonchev–Trinajstić information content (AvgIpc) is 2.04. The standard InChI is InChI=1S/C11H20O/c1-5-7-8-11(10(3)4)12-9-6-2/h5,7,11H,3,6,8-9H2,1-2,4H3. The SMILES string of the molecule is C=C(C)C(CC=CC)OCCC. The fourth-order valence-electron chi connectivity index (χ4n) is 0.931. The van der Waals surface area contributed by atoms with Crippen molar-refractivity contribution in [1.29, 1.82) is 0 Å².